The molecule has 7 aromatic carbocycles. The summed E-state index contributed by atoms with van der Waals surface area (Å²) in [6, 6.07) is 59.8. The first-order valence-electron chi connectivity index (χ1n) is 18.1. The van der Waals surface area contributed by atoms with Crippen LogP contribution in [0, 0.1) is 0 Å². The summed E-state index contributed by atoms with van der Waals surface area (Å²) in [4.78, 5) is 15.1. The van der Waals surface area contributed by atoms with Crippen molar-refractivity contribution in [1.29, 1.82) is 0 Å². The molecule has 0 N–H and O–H groups in total. The van der Waals surface area contributed by atoms with Crippen LogP contribution in [0.4, 0.5) is 0 Å². The van der Waals surface area contributed by atoms with Crippen LogP contribution in [-0.4, -0.2) is 34.3 Å². The first kappa shape index (κ1) is 30.9. The number of hydrogen-bond acceptors (Lipinski definition) is 6. The highest BCUT2D eigenvalue weighted by Gasteiger charge is 2.20. The van der Waals surface area contributed by atoms with Crippen molar-refractivity contribution in [2.45, 2.75) is 0 Å². The fourth-order valence-electron chi connectivity index (χ4n) is 7.63. The third-order valence-electron chi connectivity index (χ3n) is 10.2. The predicted molar refractivity (Wildman–Crippen MR) is 218 cm³/mol. The van der Waals surface area contributed by atoms with Crippen molar-refractivity contribution < 1.29 is 4.42 Å². The van der Waals surface area contributed by atoms with E-state index in [1.165, 1.54) is 5.39 Å². The normalized spacial score (nSPS) is 11.6. The van der Waals surface area contributed by atoms with Gasteiger partial charge in [-0.15, -0.1) is 10.2 Å². The molecule has 0 aliphatic heterocycles. The van der Waals surface area contributed by atoms with Crippen LogP contribution < -0.4 is 0 Å². The maximum absolute atomic E-state index is 6.46. The molecule has 0 saturated heterocycles. The molecule has 0 bridgehead atoms. The van der Waals surface area contributed by atoms with E-state index in [2.05, 4.69) is 116 Å². The fourth-order valence-corrected chi connectivity index (χ4v) is 7.63. The van der Waals surface area contributed by atoms with Gasteiger partial charge in [0.25, 0.3) is 0 Å². The van der Waals surface area contributed by atoms with Crippen molar-refractivity contribution in [2.75, 3.05) is 0 Å². The second-order valence-electron chi connectivity index (χ2n) is 13.4. The van der Waals surface area contributed by atoms with Crippen molar-refractivity contribution in [3.63, 3.8) is 0 Å². The molecule has 8 nitrogen and oxygen atoms in total. The lowest BCUT2D eigenvalue weighted by molar-refractivity contribution is 0.584. The molecule has 0 unspecified atom stereocenters. The number of fused-ring (bicyclic) bond motifs is 6. The second kappa shape index (κ2) is 12.5. The van der Waals surface area contributed by atoms with E-state index in [9.17, 15) is 0 Å². The molecule has 0 radical (unpaired) electrons. The Morgan fingerprint density at radius 3 is 1.33 bits per heavy atom. The minimum absolute atomic E-state index is 0.419. The molecule has 0 amide bonds. The van der Waals surface area contributed by atoms with Crippen LogP contribution in [0.25, 0.3) is 101 Å². The third-order valence-corrected chi connectivity index (χ3v) is 10.2. The Morgan fingerprint density at radius 2 is 0.782 bits per heavy atom. The molecule has 11 aromatic rings. The summed E-state index contributed by atoms with van der Waals surface area (Å²) in [5.41, 5.74) is 8.63. The summed E-state index contributed by atoms with van der Waals surface area (Å²) in [5.74, 6) is 2.57. The zero-order chi connectivity index (χ0) is 36.3. The molecule has 258 valence electrons. The van der Waals surface area contributed by atoms with Crippen molar-refractivity contribution in [3.05, 3.63) is 176 Å². The maximum Gasteiger partial charge on any atom is 0.248 e. The van der Waals surface area contributed by atoms with Crippen LogP contribution in [0.1, 0.15) is 0 Å². The maximum atomic E-state index is 6.46. The van der Waals surface area contributed by atoms with Gasteiger partial charge in [0.1, 0.15) is 0 Å². The molecule has 4 heterocycles. The van der Waals surface area contributed by atoms with Crippen LogP contribution >= 0.6 is 0 Å². The molecule has 0 aliphatic carbocycles. The smallest absolute Gasteiger partial charge is 0.248 e. The summed E-state index contributed by atoms with van der Waals surface area (Å²) in [6.45, 7) is 0. The number of benzene rings is 7. The van der Waals surface area contributed by atoms with Gasteiger partial charge >= 0.3 is 0 Å². The van der Waals surface area contributed by atoms with Crippen molar-refractivity contribution >= 4 is 43.6 Å². The molecule has 11 rings (SSSR count). The van der Waals surface area contributed by atoms with E-state index in [4.69, 9.17) is 19.4 Å². The lowest BCUT2D eigenvalue weighted by Gasteiger charge is -2.11. The van der Waals surface area contributed by atoms with Crippen LogP contribution in [0.15, 0.2) is 180 Å². The molecule has 8 heteroatoms. The number of rotatable bonds is 6. The van der Waals surface area contributed by atoms with Crippen LogP contribution in [0.5, 0.6) is 0 Å². The zero-order valence-electron chi connectivity index (χ0n) is 29.3. The Hall–Kier alpha value is -7.71. The summed E-state index contributed by atoms with van der Waals surface area (Å²) in [6.07, 6.45) is 0. The van der Waals surface area contributed by atoms with E-state index in [1.54, 1.807) is 0 Å². The Labute approximate surface area is 314 Å². The van der Waals surface area contributed by atoms with Gasteiger partial charge in [-0.25, -0.2) is 4.98 Å². The molecular weight excluding hydrogens is 679 g/mol. The van der Waals surface area contributed by atoms with Crippen LogP contribution in [0.2, 0.25) is 0 Å². The van der Waals surface area contributed by atoms with Gasteiger partial charge in [-0.05, 0) is 48.5 Å². The topological polar surface area (TPSA) is 87.5 Å². The number of aromatic nitrogens is 7. The number of nitrogens with zero attached hydrogens (tertiary/aromatic N) is 7. The Bertz CT molecular complexity index is 3140. The van der Waals surface area contributed by atoms with Gasteiger partial charge in [-0.2, -0.15) is 9.97 Å². The number of hydrogen-bond donors (Lipinski definition) is 0. The summed E-state index contributed by atoms with van der Waals surface area (Å²) < 4.78 is 10.8. The summed E-state index contributed by atoms with van der Waals surface area (Å²) in [7, 11) is 0. The fraction of sp³-hybridized carbons (Fsp3) is 0. The van der Waals surface area contributed by atoms with Crippen molar-refractivity contribution in [3.8, 4) is 57.3 Å². The van der Waals surface area contributed by atoms with Gasteiger partial charge in [-0.1, -0.05) is 127 Å². The Balaban J connectivity index is 1.06. The van der Waals surface area contributed by atoms with Crippen LogP contribution in [0.3, 0.4) is 0 Å². The Kier molecular flexibility index (Phi) is 6.99. The molecule has 0 atom stereocenters. The van der Waals surface area contributed by atoms with Gasteiger partial charge in [0, 0.05) is 49.5 Å². The van der Waals surface area contributed by atoms with Crippen LogP contribution in [-0.2, 0) is 0 Å². The van der Waals surface area contributed by atoms with Gasteiger partial charge in [0.2, 0.25) is 17.7 Å². The average molecular weight is 708 g/mol. The van der Waals surface area contributed by atoms with Gasteiger partial charge < -0.3 is 8.98 Å². The predicted octanol–water partition coefficient (Wildman–Crippen LogP) is 11.1. The van der Waals surface area contributed by atoms with Crippen molar-refractivity contribution in [1.82, 2.24) is 34.3 Å². The monoisotopic (exact) mass is 707 g/mol. The minimum Gasteiger partial charge on any atom is -0.416 e. The van der Waals surface area contributed by atoms with Gasteiger partial charge in [0.15, 0.2) is 11.6 Å². The lowest BCUT2D eigenvalue weighted by Crippen LogP contribution is -2.06. The highest BCUT2D eigenvalue weighted by Crippen LogP contribution is 2.37. The van der Waals surface area contributed by atoms with Crippen molar-refractivity contribution in [2.24, 2.45) is 0 Å². The molecule has 0 fully saturated rings. The molecular formula is C47H29N7O. The second-order valence-corrected chi connectivity index (χ2v) is 13.4. The number of para-hydroxylation sites is 3. The minimum atomic E-state index is 0.419. The van der Waals surface area contributed by atoms with E-state index in [1.807, 2.05) is 78.9 Å². The van der Waals surface area contributed by atoms with E-state index in [0.29, 0.717) is 29.4 Å². The van der Waals surface area contributed by atoms with Gasteiger partial charge in [0.05, 0.1) is 22.1 Å². The van der Waals surface area contributed by atoms with Gasteiger partial charge in [-0.3, -0.25) is 4.57 Å². The third kappa shape index (κ3) is 5.11. The van der Waals surface area contributed by atoms with E-state index in [0.717, 1.165) is 66.2 Å². The molecule has 4 aromatic heterocycles. The largest absolute Gasteiger partial charge is 0.416 e. The standard InChI is InChI=1S/C47H29N7O/c1-4-14-30(15-5-1)43-48-44(31-16-6-2-7-17-31)50-47(49-43)54-40-23-13-11-21-36(40)38-27-25-33(29-42(38)54)46-52-51-45(55-46)32-24-26-37-35-20-10-12-22-39(35)53(41(37)28-32)34-18-8-3-9-19-34/h1-29H. The summed E-state index contributed by atoms with van der Waals surface area (Å²) >= 11 is 0. The highest BCUT2D eigenvalue weighted by atomic mass is 16.4. The SMILES string of the molecule is c1ccc(-c2nc(-c3ccccc3)nc(-n3c4ccccc4c4ccc(-c5nnc(-c6ccc7c8ccccc8n(-c8ccccc8)c7c6)o5)cc43)n2)cc1. The lowest BCUT2D eigenvalue weighted by atomic mass is 10.1. The molecule has 0 spiro atoms. The van der Waals surface area contributed by atoms with E-state index >= 15 is 0 Å². The van der Waals surface area contributed by atoms with E-state index in [-0.39, 0.29) is 0 Å². The summed E-state index contributed by atoms with van der Waals surface area (Å²) in [5, 5.41) is 13.6. The quantitative estimate of drug-likeness (QED) is 0.171. The zero-order valence-corrected chi connectivity index (χ0v) is 29.3. The molecule has 0 aliphatic rings. The Morgan fingerprint density at radius 1 is 0.345 bits per heavy atom. The first-order valence-corrected chi connectivity index (χ1v) is 18.1. The van der Waals surface area contributed by atoms with E-state index < -0.39 is 0 Å². The molecule has 0 saturated carbocycles. The highest BCUT2D eigenvalue weighted by molar-refractivity contribution is 6.11. The molecule has 55 heavy (non-hydrogen) atoms. The average Bonchev–Trinajstić information content (AvgIpc) is 3.97. The first-order chi connectivity index (χ1) is 27.3.